The Kier molecular flexibility index (Phi) is 3.99. The van der Waals surface area contributed by atoms with Gasteiger partial charge in [-0.2, -0.15) is 0 Å². The van der Waals surface area contributed by atoms with Gasteiger partial charge in [-0.3, -0.25) is 4.79 Å². The SMILES string of the molecule is NC(=O)c1ccc(NCc2ccccc2Br)cc1. The molecule has 18 heavy (non-hydrogen) atoms. The molecule has 2 aromatic rings. The minimum atomic E-state index is -0.410. The lowest BCUT2D eigenvalue weighted by molar-refractivity contribution is 0.100. The number of carbonyl (C=O) groups excluding carboxylic acids is 1. The van der Waals surface area contributed by atoms with Gasteiger partial charge < -0.3 is 11.1 Å². The average molecular weight is 305 g/mol. The van der Waals surface area contributed by atoms with Crippen LogP contribution >= 0.6 is 15.9 Å². The van der Waals surface area contributed by atoms with E-state index in [0.717, 1.165) is 16.7 Å². The number of amides is 1. The fraction of sp³-hybridized carbons (Fsp3) is 0.0714. The number of hydrogen-bond acceptors (Lipinski definition) is 2. The summed E-state index contributed by atoms with van der Waals surface area (Å²) < 4.78 is 1.08. The van der Waals surface area contributed by atoms with E-state index in [1.807, 2.05) is 30.3 Å². The van der Waals surface area contributed by atoms with Crippen molar-refractivity contribution in [2.45, 2.75) is 6.54 Å². The highest BCUT2D eigenvalue weighted by molar-refractivity contribution is 9.10. The van der Waals surface area contributed by atoms with Gasteiger partial charge >= 0.3 is 0 Å². The van der Waals surface area contributed by atoms with Gasteiger partial charge in [0.1, 0.15) is 0 Å². The monoisotopic (exact) mass is 304 g/mol. The van der Waals surface area contributed by atoms with E-state index in [2.05, 4.69) is 27.3 Å². The van der Waals surface area contributed by atoms with Crippen LogP contribution in [0.3, 0.4) is 0 Å². The molecule has 0 aliphatic carbocycles. The van der Waals surface area contributed by atoms with Gasteiger partial charge in [-0.1, -0.05) is 34.1 Å². The average Bonchev–Trinajstić information content (AvgIpc) is 2.38. The predicted molar refractivity (Wildman–Crippen MR) is 76.4 cm³/mol. The van der Waals surface area contributed by atoms with Crippen molar-refractivity contribution in [2.75, 3.05) is 5.32 Å². The maximum absolute atomic E-state index is 10.9. The summed E-state index contributed by atoms with van der Waals surface area (Å²) in [5, 5.41) is 3.29. The van der Waals surface area contributed by atoms with Crippen molar-refractivity contribution in [3.63, 3.8) is 0 Å². The van der Waals surface area contributed by atoms with Crippen molar-refractivity contribution in [3.8, 4) is 0 Å². The summed E-state index contributed by atoms with van der Waals surface area (Å²) >= 11 is 3.50. The fourth-order valence-corrected chi connectivity index (χ4v) is 2.02. The third kappa shape index (κ3) is 3.11. The number of nitrogens with two attached hydrogens (primary N) is 1. The second-order valence-electron chi connectivity index (χ2n) is 3.89. The number of carbonyl (C=O) groups is 1. The Morgan fingerprint density at radius 1 is 1.11 bits per heavy atom. The van der Waals surface area contributed by atoms with E-state index in [-0.39, 0.29) is 0 Å². The Morgan fingerprint density at radius 3 is 2.39 bits per heavy atom. The summed E-state index contributed by atoms with van der Waals surface area (Å²) in [6, 6.07) is 15.2. The van der Waals surface area contributed by atoms with E-state index in [1.165, 1.54) is 5.56 Å². The molecule has 4 heteroatoms. The van der Waals surface area contributed by atoms with Crippen molar-refractivity contribution in [1.82, 2.24) is 0 Å². The highest BCUT2D eigenvalue weighted by Gasteiger charge is 2.01. The van der Waals surface area contributed by atoms with E-state index in [1.54, 1.807) is 12.1 Å². The van der Waals surface area contributed by atoms with E-state index in [9.17, 15) is 4.79 Å². The lowest BCUT2D eigenvalue weighted by Gasteiger charge is -2.08. The van der Waals surface area contributed by atoms with Crippen LogP contribution in [0.1, 0.15) is 15.9 Å². The van der Waals surface area contributed by atoms with Crippen LogP contribution in [0.25, 0.3) is 0 Å². The first-order chi connectivity index (χ1) is 8.66. The van der Waals surface area contributed by atoms with Crippen LogP contribution in [0, 0.1) is 0 Å². The first kappa shape index (κ1) is 12.6. The molecule has 0 aliphatic heterocycles. The number of anilines is 1. The molecule has 3 N–H and O–H groups in total. The molecule has 0 unspecified atom stereocenters. The molecular formula is C14H13BrN2O. The van der Waals surface area contributed by atoms with Crippen LogP contribution in [0.2, 0.25) is 0 Å². The van der Waals surface area contributed by atoms with Crippen LogP contribution in [0.4, 0.5) is 5.69 Å². The zero-order valence-electron chi connectivity index (χ0n) is 9.69. The van der Waals surface area contributed by atoms with Crippen LogP contribution in [0.5, 0.6) is 0 Å². The van der Waals surface area contributed by atoms with Crippen LogP contribution in [-0.4, -0.2) is 5.91 Å². The normalized spacial score (nSPS) is 10.1. The molecule has 2 aromatic carbocycles. The highest BCUT2D eigenvalue weighted by atomic mass is 79.9. The summed E-state index contributed by atoms with van der Waals surface area (Å²) in [6.07, 6.45) is 0. The summed E-state index contributed by atoms with van der Waals surface area (Å²) in [5.41, 5.74) is 7.83. The first-order valence-corrected chi connectivity index (χ1v) is 6.33. The quantitative estimate of drug-likeness (QED) is 0.911. The van der Waals surface area contributed by atoms with Crippen LogP contribution in [0.15, 0.2) is 53.0 Å². The molecule has 0 saturated heterocycles. The maximum Gasteiger partial charge on any atom is 0.248 e. The Balaban J connectivity index is 2.02. The second-order valence-corrected chi connectivity index (χ2v) is 4.74. The predicted octanol–water partition coefficient (Wildman–Crippen LogP) is 3.16. The zero-order valence-corrected chi connectivity index (χ0v) is 11.3. The molecule has 92 valence electrons. The molecule has 3 nitrogen and oxygen atoms in total. The number of rotatable bonds is 4. The van der Waals surface area contributed by atoms with Crippen molar-refractivity contribution in [3.05, 3.63) is 64.1 Å². The molecule has 2 rings (SSSR count). The summed E-state index contributed by atoms with van der Waals surface area (Å²) in [6.45, 7) is 0.720. The number of primary amides is 1. The minimum Gasteiger partial charge on any atom is -0.381 e. The Labute approximate surface area is 114 Å². The van der Waals surface area contributed by atoms with Crippen molar-refractivity contribution in [1.29, 1.82) is 0 Å². The van der Waals surface area contributed by atoms with E-state index < -0.39 is 5.91 Å². The summed E-state index contributed by atoms with van der Waals surface area (Å²) in [4.78, 5) is 10.9. The zero-order chi connectivity index (χ0) is 13.0. The first-order valence-electron chi connectivity index (χ1n) is 5.54. The molecule has 0 fully saturated rings. The largest absolute Gasteiger partial charge is 0.381 e. The van der Waals surface area contributed by atoms with Gasteiger partial charge in [0.25, 0.3) is 0 Å². The van der Waals surface area contributed by atoms with Gasteiger partial charge in [0.15, 0.2) is 0 Å². The van der Waals surface area contributed by atoms with Crippen LogP contribution in [-0.2, 0) is 6.54 Å². The van der Waals surface area contributed by atoms with Gasteiger partial charge in [0.2, 0.25) is 5.91 Å². The maximum atomic E-state index is 10.9. The molecule has 0 spiro atoms. The lowest BCUT2D eigenvalue weighted by atomic mass is 10.2. The topological polar surface area (TPSA) is 55.1 Å². The third-order valence-corrected chi connectivity index (χ3v) is 3.38. The van der Waals surface area contributed by atoms with E-state index in [4.69, 9.17) is 5.73 Å². The highest BCUT2D eigenvalue weighted by Crippen LogP contribution is 2.17. The van der Waals surface area contributed by atoms with Gasteiger partial charge in [0, 0.05) is 22.3 Å². The smallest absolute Gasteiger partial charge is 0.248 e. The lowest BCUT2D eigenvalue weighted by Crippen LogP contribution is -2.10. The number of hydrogen-bond donors (Lipinski definition) is 2. The van der Waals surface area contributed by atoms with Crippen molar-refractivity contribution >= 4 is 27.5 Å². The molecule has 0 bridgehead atoms. The van der Waals surface area contributed by atoms with Gasteiger partial charge in [-0.05, 0) is 35.9 Å². The Bertz CT molecular complexity index is 552. The molecule has 0 radical (unpaired) electrons. The second kappa shape index (κ2) is 5.69. The van der Waals surface area contributed by atoms with E-state index in [0.29, 0.717) is 5.56 Å². The standard InChI is InChI=1S/C14H13BrN2O/c15-13-4-2-1-3-11(13)9-17-12-7-5-10(6-8-12)14(16)18/h1-8,17H,9H2,(H2,16,18). The Hall–Kier alpha value is -1.81. The van der Waals surface area contributed by atoms with Gasteiger partial charge in [-0.15, -0.1) is 0 Å². The number of benzene rings is 2. The van der Waals surface area contributed by atoms with Crippen molar-refractivity contribution in [2.24, 2.45) is 5.73 Å². The molecule has 0 heterocycles. The van der Waals surface area contributed by atoms with Gasteiger partial charge in [-0.25, -0.2) is 0 Å². The van der Waals surface area contributed by atoms with E-state index >= 15 is 0 Å². The fourth-order valence-electron chi connectivity index (χ4n) is 1.59. The van der Waals surface area contributed by atoms with Gasteiger partial charge in [0.05, 0.1) is 0 Å². The number of nitrogens with one attached hydrogen (secondary N) is 1. The molecule has 0 atom stereocenters. The number of halogens is 1. The molecule has 0 aliphatic rings. The van der Waals surface area contributed by atoms with Crippen LogP contribution < -0.4 is 11.1 Å². The summed E-state index contributed by atoms with van der Waals surface area (Å²) in [7, 11) is 0. The molecule has 0 saturated carbocycles. The molecular weight excluding hydrogens is 292 g/mol. The molecule has 1 amide bonds. The minimum absolute atomic E-state index is 0.410. The molecule has 0 aromatic heterocycles. The van der Waals surface area contributed by atoms with Crippen molar-refractivity contribution < 1.29 is 4.79 Å². The summed E-state index contributed by atoms with van der Waals surface area (Å²) in [5.74, 6) is -0.410. The Morgan fingerprint density at radius 2 is 1.78 bits per heavy atom. The third-order valence-electron chi connectivity index (χ3n) is 2.61.